The largest absolute Gasteiger partial charge is 0.317 e. The Labute approximate surface area is 195 Å². The average Bonchev–Trinajstić information content (AvgIpc) is 3.10. The van der Waals surface area contributed by atoms with Crippen LogP contribution in [0.4, 0.5) is 0 Å². The summed E-state index contributed by atoms with van der Waals surface area (Å²) in [7, 11) is 2.19. The maximum atomic E-state index is 3.62. The zero-order valence-corrected chi connectivity index (χ0v) is 22.2. The molecular formula is C30H55N. The Hall–Kier alpha value is -0.0400. The third kappa shape index (κ3) is 4.17. The Bertz CT molecular complexity index is 597. The van der Waals surface area contributed by atoms with E-state index >= 15 is 0 Å². The van der Waals surface area contributed by atoms with E-state index in [4.69, 9.17) is 0 Å². The maximum absolute atomic E-state index is 3.62. The second-order valence-corrected chi connectivity index (χ2v) is 13.6. The van der Waals surface area contributed by atoms with E-state index in [0.717, 1.165) is 53.4 Å². The van der Waals surface area contributed by atoms with E-state index in [9.17, 15) is 0 Å². The number of nitrogens with one attached hydrogen (secondary N) is 1. The predicted octanol–water partition coefficient (Wildman–Crippen LogP) is 8.33. The zero-order valence-electron chi connectivity index (χ0n) is 22.2. The fraction of sp³-hybridized carbons (Fsp3) is 1.00. The monoisotopic (exact) mass is 429 g/mol. The number of fused-ring (bicyclic) bond motifs is 5. The summed E-state index contributed by atoms with van der Waals surface area (Å²) in [5.41, 5.74) is 1.29. The first-order valence-corrected chi connectivity index (χ1v) is 14.4. The molecule has 10 atom stereocenters. The fourth-order valence-electron chi connectivity index (χ4n) is 10.2. The van der Waals surface area contributed by atoms with Gasteiger partial charge in [0.25, 0.3) is 0 Å². The summed E-state index contributed by atoms with van der Waals surface area (Å²) in [6.45, 7) is 15.4. The Morgan fingerprint density at radius 3 is 2.23 bits per heavy atom. The molecule has 180 valence electrons. The van der Waals surface area contributed by atoms with Gasteiger partial charge < -0.3 is 5.32 Å². The molecule has 0 radical (unpaired) electrons. The predicted molar refractivity (Wildman–Crippen MR) is 135 cm³/mol. The highest BCUT2D eigenvalue weighted by Crippen LogP contribution is 2.68. The minimum absolute atomic E-state index is 0.644. The fourth-order valence-corrected chi connectivity index (χ4v) is 10.2. The molecule has 4 saturated carbocycles. The summed E-state index contributed by atoms with van der Waals surface area (Å²) in [5.74, 6) is 7.81. The molecule has 0 spiro atoms. The van der Waals surface area contributed by atoms with E-state index in [2.05, 4.69) is 53.9 Å². The molecule has 4 fully saturated rings. The standard InChI is InChI=1S/C30H55N/c1-8-22(20(2)3)10-9-21(4)26-13-14-27-25-12-11-23-19-24(31-7)15-17-29(23,5)28(25)16-18-30(26,27)6/h20-28,31H,8-19H2,1-7H3/t21-,22-,23?,24+,25+,26-,27+,28+,29+,30-/m1/s1. The number of hydrogen-bond donors (Lipinski definition) is 1. The first-order chi connectivity index (χ1) is 14.7. The van der Waals surface area contributed by atoms with Gasteiger partial charge in [-0.2, -0.15) is 0 Å². The molecule has 0 aromatic heterocycles. The molecule has 0 heterocycles. The van der Waals surface area contributed by atoms with Crippen molar-refractivity contribution < 1.29 is 0 Å². The highest BCUT2D eigenvalue weighted by molar-refractivity contribution is 5.10. The van der Waals surface area contributed by atoms with Crippen LogP contribution in [0.25, 0.3) is 0 Å². The Kier molecular flexibility index (Phi) is 7.23. The van der Waals surface area contributed by atoms with Crippen LogP contribution in [0.1, 0.15) is 119 Å². The molecule has 0 bridgehead atoms. The Balaban J connectivity index is 1.44. The molecule has 1 heteroatoms. The van der Waals surface area contributed by atoms with Gasteiger partial charge in [0.15, 0.2) is 0 Å². The lowest BCUT2D eigenvalue weighted by atomic mass is 9.44. The van der Waals surface area contributed by atoms with Crippen molar-refractivity contribution in [2.45, 2.75) is 125 Å². The molecule has 31 heavy (non-hydrogen) atoms. The highest BCUT2D eigenvalue weighted by atomic mass is 14.9. The zero-order chi connectivity index (χ0) is 22.4. The first-order valence-electron chi connectivity index (χ1n) is 14.4. The molecule has 1 nitrogen and oxygen atoms in total. The van der Waals surface area contributed by atoms with Gasteiger partial charge >= 0.3 is 0 Å². The van der Waals surface area contributed by atoms with Crippen molar-refractivity contribution in [3.63, 3.8) is 0 Å². The molecule has 1 N–H and O–H groups in total. The number of rotatable bonds is 7. The molecule has 4 aliphatic rings. The summed E-state index contributed by atoms with van der Waals surface area (Å²) in [4.78, 5) is 0. The molecule has 0 aliphatic heterocycles. The molecule has 0 amide bonds. The summed E-state index contributed by atoms with van der Waals surface area (Å²) < 4.78 is 0. The lowest BCUT2D eigenvalue weighted by Crippen LogP contribution is -2.55. The van der Waals surface area contributed by atoms with E-state index in [1.165, 1.54) is 57.8 Å². The van der Waals surface area contributed by atoms with Gasteiger partial charge in [0.05, 0.1) is 0 Å². The van der Waals surface area contributed by atoms with Crippen molar-refractivity contribution >= 4 is 0 Å². The van der Waals surface area contributed by atoms with Gasteiger partial charge in [0, 0.05) is 6.04 Å². The lowest BCUT2D eigenvalue weighted by Gasteiger charge is -2.61. The third-order valence-electron chi connectivity index (χ3n) is 12.3. The van der Waals surface area contributed by atoms with Crippen LogP contribution in [-0.2, 0) is 0 Å². The van der Waals surface area contributed by atoms with Crippen molar-refractivity contribution in [1.29, 1.82) is 0 Å². The topological polar surface area (TPSA) is 12.0 Å². The van der Waals surface area contributed by atoms with Crippen molar-refractivity contribution in [1.82, 2.24) is 5.32 Å². The summed E-state index contributed by atoms with van der Waals surface area (Å²) in [5, 5.41) is 3.62. The van der Waals surface area contributed by atoms with Crippen LogP contribution in [0.2, 0.25) is 0 Å². The smallest absolute Gasteiger partial charge is 0.00671 e. The van der Waals surface area contributed by atoms with E-state index < -0.39 is 0 Å². The maximum Gasteiger partial charge on any atom is 0.00671 e. The molecule has 0 aromatic carbocycles. The van der Waals surface area contributed by atoms with Crippen LogP contribution in [0.15, 0.2) is 0 Å². The second-order valence-electron chi connectivity index (χ2n) is 13.6. The van der Waals surface area contributed by atoms with Gasteiger partial charge in [-0.25, -0.2) is 0 Å². The van der Waals surface area contributed by atoms with Gasteiger partial charge in [-0.3, -0.25) is 0 Å². The van der Waals surface area contributed by atoms with Crippen LogP contribution in [0.3, 0.4) is 0 Å². The van der Waals surface area contributed by atoms with E-state index in [1.807, 2.05) is 0 Å². The average molecular weight is 430 g/mol. The van der Waals surface area contributed by atoms with Gasteiger partial charge in [-0.1, -0.05) is 54.4 Å². The molecule has 0 aromatic rings. The second kappa shape index (κ2) is 9.31. The van der Waals surface area contributed by atoms with E-state index in [-0.39, 0.29) is 0 Å². The van der Waals surface area contributed by atoms with Crippen LogP contribution < -0.4 is 5.32 Å². The number of hydrogen-bond acceptors (Lipinski definition) is 1. The van der Waals surface area contributed by atoms with E-state index in [1.54, 1.807) is 19.3 Å². The molecule has 4 aliphatic carbocycles. The van der Waals surface area contributed by atoms with Gasteiger partial charge in [-0.15, -0.1) is 0 Å². The van der Waals surface area contributed by atoms with Crippen LogP contribution in [0, 0.1) is 58.2 Å². The summed E-state index contributed by atoms with van der Waals surface area (Å²) in [6.07, 6.45) is 17.9. The Morgan fingerprint density at radius 2 is 1.55 bits per heavy atom. The third-order valence-corrected chi connectivity index (χ3v) is 12.3. The minimum Gasteiger partial charge on any atom is -0.317 e. The van der Waals surface area contributed by atoms with Crippen molar-refractivity contribution in [3.8, 4) is 0 Å². The van der Waals surface area contributed by atoms with Crippen molar-refractivity contribution in [2.24, 2.45) is 58.2 Å². The van der Waals surface area contributed by atoms with Crippen molar-refractivity contribution in [3.05, 3.63) is 0 Å². The van der Waals surface area contributed by atoms with E-state index in [0.29, 0.717) is 10.8 Å². The van der Waals surface area contributed by atoms with Crippen LogP contribution in [0.5, 0.6) is 0 Å². The molecule has 4 rings (SSSR count). The lowest BCUT2D eigenvalue weighted by molar-refractivity contribution is -0.117. The molecule has 0 saturated heterocycles. The first kappa shape index (κ1) is 24.1. The van der Waals surface area contributed by atoms with Crippen LogP contribution >= 0.6 is 0 Å². The summed E-state index contributed by atoms with van der Waals surface area (Å²) in [6, 6.07) is 0.790. The molecular weight excluding hydrogens is 374 g/mol. The van der Waals surface area contributed by atoms with Gasteiger partial charge in [0.2, 0.25) is 0 Å². The minimum atomic E-state index is 0.644. The van der Waals surface area contributed by atoms with Crippen LogP contribution in [-0.4, -0.2) is 13.1 Å². The SMILES string of the molecule is CC[C@H](CC[C@@H](C)[C@H]1CC[C@H]2[C@@H]3CCC4C[C@@H](NC)CC[C@]4(C)[C@H]3CC[C@]12C)C(C)C. The van der Waals surface area contributed by atoms with Crippen molar-refractivity contribution in [2.75, 3.05) is 7.05 Å². The summed E-state index contributed by atoms with van der Waals surface area (Å²) >= 11 is 0. The molecule has 1 unspecified atom stereocenters. The highest BCUT2D eigenvalue weighted by Gasteiger charge is 2.60. The Morgan fingerprint density at radius 1 is 0.839 bits per heavy atom. The quantitative estimate of drug-likeness (QED) is 0.429. The van der Waals surface area contributed by atoms with Gasteiger partial charge in [0.1, 0.15) is 0 Å². The normalized spacial score (nSPS) is 46.8. The van der Waals surface area contributed by atoms with Gasteiger partial charge in [-0.05, 0) is 129 Å².